The monoisotopic (exact) mass is 664 g/mol. The number of alkyl halides is 1. The number of anilines is 1. The Bertz CT molecular complexity index is 1410. The summed E-state index contributed by atoms with van der Waals surface area (Å²) >= 11 is -0.178. The zero-order valence-corrected chi connectivity index (χ0v) is 23.6. The van der Waals surface area contributed by atoms with Crippen molar-refractivity contribution in [2.45, 2.75) is 25.5 Å². The Kier molecular flexibility index (Phi) is 10.0. The summed E-state index contributed by atoms with van der Waals surface area (Å²) in [6.07, 6.45) is 5.71. The first-order chi connectivity index (χ1) is 19.3. The van der Waals surface area contributed by atoms with Crippen molar-refractivity contribution in [3.63, 3.8) is 0 Å². The fourth-order valence-corrected chi connectivity index (χ4v) is 4.90. The van der Waals surface area contributed by atoms with Gasteiger partial charge in [0.15, 0.2) is 0 Å². The largest absolute Gasteiger partial charge is 0.445 e. The summed E-state index contributed by atoms with van der Waals surface area (Å²) in [7, 11) is 0. The van der Waals surface area contributed by atoms with Gasteiger partial charge in [-0.3, -0.25) is 14.7 Å². The van der Waals surface area contributed by atoms with Crippen LogP contribution in [0.4, 0.5) is 25.0 Å². The Morgan fingerprint density at radius 2 is 1.82 bits per heavy atom. The molecule has 210 valence electrons. The first-order valence-electron chi connectivity index (χ1n) is 12.3. The summed E-state index contributed by atoms with van der Waals surface area (Å²) in [5, 5.41) is 14.2. The molecule has 10 nitrogen and oxygen atoms in total. The van der Waals surface area contributed by atoms with Crippen LogP contribution in [-0.4, -0.2) is 45.6 Å². The molecule has 0 saturated heterocycles. The van der Waals surface area contributed by atoms with Gasteiger partial charge >= 0.3 is 6.09 Å². The van der Waals surface area contributed by atoms with Gasteiger partial charge in [-0.2, -0.15) is 5.10 Å². The van der Waals surface area contributed by atoms with Crippen molar-refractivity contribution in [1.82, 2.24) is 20.8 Å². The van der Waals surface area contributed by atoms with Crippen LogP contribution >= 0.6 is 21.0 Å². The molecular formula is C27H27F2IN6O4. The molecule has 40 heavy (non-hydrogen) atoms. The highest BCUT2D eigenvalue weighted by atomic mass is 127. The average molecular weight is 664 g/mol. The molecule has 0 fully saturated rings. The lowest BCUT2D eigenvalue weighted by Gasteiger charge is -2.23. The third-order valence-electron chi connectivity index (χ3n) is 6.08. The van der Waals surface area contributed by atoms with E-state index in [-0.39, 0.29) is 51.0 Å². The van der Waals surface area contributed by atoms with Crippen LogP contribution in [0.1, 0.15) is 39.3 Å². The molecule has 3 amide bonds. The molecule has 0 unspecified atom stereocenters. The number of hydrogen-bond acceptors (Lipinski definition) is 6. The quantitative estimate of drug-likeness (QED) is 0.139. The minimum absolute atomic E-state index is 0.0150. The number of rotatable bonds is 9. The second-order valence-electron chi connectivity index (χ2n) is 8.89. The third kappa shape index (κ3) is 7.77. The molecule has 3 aromatic rings. The molecule has 0 bridgehead atoms. The van der Waals surface area contributed by atoms with Gasteiger partial charge in [0, 0.05) is 17.5 Å². The predicted octanol–water partition coefficient (Wildman–Crippen LogP) is 5.35. The van der Waals surface area contributed by atoms with E-state index in [2.05, 4.69) is 34.2 Å². The Labute approximate surface area is 239 Å². The van der Waals surface area contributed by atoms with Crippen LogP contribution in [-0.2, 0) is 11.3 Å². The van der Waals surface area contributed by atoms with E-state index in [0.717, 1.165) is 29.4 Å². The van der Waals surface area contributed by atoms with Crippen LogP contribution in [0, 0.1) is 17.6 Å². The van der Waals surface area contributed by atoms with Crippen LogP contribution in [0.25, 0.3) is 0 Å². The van der Waals surface area contributed by atoms with Gasteiger partial charge in [0.25, 0.3) is 11.8 Å². The van der Waals surface area contributed by atoms with Crippen molar-refractivity contribution in [3.05, 3.63) is 89.3 Å². The van der Waals surface area contributed by atoms with Crippen molar-refractivity contribution >= 4 is 50.3 Å². The molecule has 4 rings (SSSR count). The van der Waals surface area contributed by atoms with Gasteiger partial charge in [-0.25, -0.2) is 16.7 Å². The molecule has 1 aromatic heterocycles. The van der Waals surface area contributed by atoms with Gasteiger partial charge in [0.1, 0.15) is 29.5 Å². The second-order valence-corrected chi connectivity index (χ2v) is 10.3. The predicted molar refractivity (Wildman–Crippen MR) is 153 cm³/mol. The van der Waals surface area contributed by atoms with E-state index in [9.17, 15) is 23.2 Å². The van der Waals surface area contributed by atoms with Gasteiger partial charge in [0.05, 0.1) is 17.6 Å². The molecule has 4 N–H and O–H groups in total. The Morgan fingerprint density at radius 1 is 1.07 bits per heavy atom. The molecule has 2 atom stereocenters. The lowest BCUT2D eigenvalue weighted by Crippen LogP contribution is -2.37. The third-order valence-corrected chi connectivity index (χ3v) is 7.12. The van der Waals surface area contributed by atoms with Crippen molar-refractivity contribution in [3.8, 4) is 0 Å². The Balaban J connectivity index is 1.22. The Morgan fingerprint density at radius 3 is 2.50 bits per heavy atom. The number of aromatic amines is 1. The molecule has 2 aromatic carbocycles. The number of H-pyrrole nitrogens is 1. The van der Waals surface area contributed by atoms with E-state index < -0.39 is 35.1 Å². The first kappa shape index (κ1) is 29.0. The number of alkyl carbamates (subject to hydrolysis) is 1. The molecule has 0 aliphatic heterocycles. The molecule has 13 heteroatoms. The van der Waals surface area contributed by atoms with Crippen molar-refractivity contribution in [2.24, 2.45) is 9.06 Å². The van der Waals surface area contributed by atoms with E-state index in [1.807, 2.05) is 36.4 Å². The van der Waals surface area contributed by atoms with Crippen molar-refractivity contribution in [2.75, 3.05) is 16.8 Å². The van der Waals surface area contributed by atoms with Gasteiger partial charge < -0.3 is 20.7 Å². The summed E-state index contributed by atoms with van der Waals surface area (Å²) in [4.78, 5) is 39.4. The van der Waals surface area contributed by atoms with Gasteiger partial charge in [-0.15, -0.1) is 0 Å². The van der Waals surface area contributed by atoms with Crippen LogP contribution in [0.5, 0.6) is 0 Å². The van der Waals surface area contributed by atoms with E-state index in [4.69, 9.17) is 4.74 Å². The van der Waals surface area contributed by atoms with Crippen molar-refractivity contribution < 1.29 is 27.9 Å². The number of aromatic nitrogens is 2. The Hall–Kier alpha value is -4.01. The van der Waals surface area contributed by atoms with Gasteiger partial charge in [-0.1, -0.05) is 30.4 Å². The zero-order valence-electron chi connectivity index (χ0n) is 21.4. The highest BCUT2D eigenvalue weighted by Gasteiger charge is 2.24. The number of halogens is 3. The lowest BCUT2D eigenvalue weighted by molar-refractivity contribution is 0.0936. The minimum Gasteiger partial charge on any atom is -0.445 e. The fourth-order valence-electron chi connectivity index (χ4n) is 4.02. The lowest BCUT2D eigenvalue weighted by atomic mass is 9.92. The summed E-state index contributed by atoms with van der Waals surface area (Å²) in [5.74, 6) is -3.57. The highest BCUT2D eigenvalue weighted by molar-refractivity contribution is 14.2. The number of carbonyl (C=O) groups is 3. The SMILES string of the molecule is CI=Nc1ccc(COC(=O)NC[C@H]2C=C[C@H](NC(=O)c3[nH]ncc3NC(=O)c3c(F)cccc3F)CC2)cc1. The summed E-state index contributed by atoms with van der Waals surface area (Å²) in [5.41, 5.74) is 0.973. The summed E-state index contributed by atoms with van der Waals surface area (Å²) < 4.78 is 37.5. The van der Waals surface area contributed by atoms with E-state index >= 15 is 0 Å². The van der Waals surface area contributed by atoms with E-state index in [1.54, 1.807) is 0 Å². The first-order valence-corrected chi connectivity index (χ1v) is 15.4. The van der Waals surface area contributed by atoms with E-state index in [1.165, 1.54) is 6.20 Å². The topological polar surface area (TPSA) is 138 Å². The molecule has 1 aliphatic rings. The summed E-state index contributed by atoms with van der Waals surface area (Å²) in [6.45, 7) is 0.546. The number of nitrogens with one attached hydrogen (secondary N) is 4. The molecular weight excluding hydrogens is 637 g/mol. The van der Waals surface area contributed by atoms with Gasteiger partial charge in [0.2, 0.25) is 0 Å². The second kappa shape index (κ2) is 13.9. The maximum atomic E-state index is 13.9. The van der Waals surface area contributed by atoms with Crippen LogP contribution < -0.4 is 16.0 Å². The maximum absolute atomic E-state index is 13.9. The highest BCUT2D eigenvalue weighted by Crippen LogP contribution is 2.21. The van der Waals surface area contributed by atoms with Crippen LogP contribution in [0.15, 0.2) is 64.0 Å². The number of benzene rings is 2. The standard InChI is InChI=1S/C27H27F2IN6O4/c1-30-35-19-11-7-17(8-12-19)15-40-27(39)31-13-16-5-9-18(10-6-16)33-26(38)24-22(14-32-36-24)34-25(37)23-20(28)3-2-4-21(23)29/h2-5,7-9,11-12,14,16,18H,6,10,13,15H2,1H3,(H,31,39)(H,32,36)(H,33,38)(H,34,37)/t16-,18-/m0/s1. The summed E-state index contributed by atoms with van der Waals surface area (Å²) in [6, 6.07) is 10.3. The molecule has 0 saturated carbocycles. The molecule has 0 spiro atoms. The van der Waals surface area contributed by atoms with Crippen LogP contribution in [0.3, 0.4) is 0 Å². The van der Waals surface area contributed by atoms with E-state index in [0.29, 0.717) is 19.4 Å². The minimum atomic E-state index is -1.04. The molecule has 1 heterocycles. The smallest absolute Gasteiger partial charge is 0.407 e. The van der Waals surface area contributed by atoms with Crippen molar-refractivity contribution in [1.29, 1.82) is 0 Å². The number of nitrogens with zero attached hydrogens (tertiary/aromatic N) is 2. The normalized spacial score (nSPS) is 16.7. The zero-order chi connectivity index (χ0) is 28.5. The molecule has 1 aliphatic carbocycles. The maximum Gasteiger partial charge on any atom is 0.407 e. The number of carbonyl (C=O) groups excluding carboxylic acids is 3. The number of amides is 3. The number of hydrogen-bond donors (Lipinski definition) is 4. The molecule has 0 radical (unpaired) electrons. The average Bonchev–Trinajstić information content (AvgIpc) is 3.40. The number of ether oxygens (including phenoxy) is 1. The van der Waals surface area contributed by atoms with Gasteiger partial charge in [-0.05, 0) is 69.6 Å². The van der Waals surface area contributed by atoms with Crippen LogP contribution in [0.2, 0.25) is 0 Å². The fraction of sp³-hybridized carbons (Fsp3) is 0.259.